The summed E-state index contributed by atoms with van der Waals surface area (Å²) in [5, 5.41) is 11.5. The van der Waals surface area contributed by atoms with Crippen molar-refractivity contribution in [1.82, 2.24) is 10.2 Å². The fourth-order valence-corrected chi connectivity index (χ4v) is 14.5. The molecule has 376 valence electrons. The van der Waals surface area contributed by atoms with Gasteiger partial charge < -0.3 is 0 Å². The number of rotatable bonds is 8. The Morgan fingerprint density at radius 2 is 0.441 bits per heavy atom. The van der Waals surface area contributed by atoms with E-state index < -0.39 is 14.6 Å². The molecular formula is C62H96N2O2P2. The molecule has 0 unspecified atom stereocenters. The molecule has 1 fully saturated rings. The molecular weight excluding hydrogens is 867 g/mol. The summed E-state index contributed by atoms with van der Waals surface area (Å²) in [6.07, 6.45) is 3.60. The predicted octanol–water partition coefficient (Wildman–Crippen LogP) is 15.7. The molecule has 1 saturated carbocycles. The molecule has 4 aromatic carbocycles. The lowest BCUT2D eigenvalue weighted by atomic mass is 9.81. The highest BCUT2D eigenvalue weighted by atomic mass is 31.2. The van der Waals surface area contributed by atoms with Gasteiger partial charge in [-0.25, -0.2) is 0 Å². The van der Waals surface area contributed by atoms with Crippen LogP contribution < -0.4 is 31.4 Å². The van der Waals surface area contributed by atoms with Gasteiger partial charge in [-0.1, -0.05) is 203 Å². The number of benzene rings is 4. The summed E-state index contributed by atoms with van der Waals surface area (Å²) in [7, 11) is -7.25. The van der Waals surface area contributed by atoms with Gasteiger partial charge >= 0.3 is 0 Å². The van der Waals surface area contributed by atoms with Crippen LogP contribution in [0.15, 0.2) is 72.8 Å². The quantitative estimate of drug-likeness (QED) is 0.173. The Balaban J connectivity index is 1.87. The summed E-state index contributed by atoms with van der Waals surface area (Å²) in [4.78, 5) is 0. The summed E-state index contributed by atoms with van der Waals surface area (Å²) in [6, 6.07) is 26.7. The van der Waals surface area contributed by atoms with Gasteiger partial charge in [-0.05, 0) is 149 Å². The van der Waals surface area contributed by atoms with Crippen molar-refractivity contribution in [2.24, 2.45) is 0 Å². The molecule has 1 aliphatic rings. The normalized spacial score (nSPS) is 17.7. The molecule has 4 aromatic rings. The van der Waals surface area contributed by atoms with Crippen molar-refractivity contribution in [3.05, 3.63) is 117 Å². The first-order valence-corrected chi connectivity index (χ1v) is 29.3. The van der Waals surface area contributed by atoms with Gasteiger partial charge in [-0.3, -0.25) is 19.3 Å². The summed E-state index contributed by atoms with van der Waals surface area (Å²) in [5.74, 6) is 0. The zero-order chi connectivity index (χ0) is 51.8. The van der Waals surface area contributed by atoms with Crippen molar-refractivity contribution in [3.8, 4) is 0 Å². The molecule has 68 heavy (non-hydrogen) atoms. The smallest absolute Gasteiger partial charge is 0.204 e. The van der Waals surface area contributed by atoms with Crippen molar-refractivity contribution in [1.29, 1.82) is 0 Å². The Bertz CT molecular complexity index is 2090. The lowest BCUT2D eigenvalue weighted by Crippen LogP contribution is -2.51. The Kier molecular flexibility index (Phi) is 15.5. The predicted molar refractivity (Wildman–Crippen MR) is 301 cm³/mol. The van der Waals surface area contributed by atoms with Gasteiger partial charge in [0.05, 0.1) is 0 Å². The molecule has 2 N–H and O–H groups in total. The van der Waals surface area contributed by atoms with E-state index >= 15 is 9.13 Å². The third kappa shape index (κ3) is 12.8. The summed E-state index contributed by atoms with van der Waals surface area (Å²) in [6.45, 7) is 54.2. The molecule has 0 spiro atoms. The highest BCUT2D eigenvalue weighted by molar-refractivity contribution is 7.77. The van der Waals surface area contributed by atoms with Crippen molar-refractivity contribution < 1.29 is 9.13 Å². The Labute approximate surface area is 417 Å². The van der Waals surface area contributed by atoms with Gasteiger partial charge in [0, 0.05) is 33.3 Å². The van der Waals surface area contributed by atoms with E-state index in [1.54, 1.807) is 0 Å². The van der Waals surface area contributed by atoms with Crippen LogP contribution >= 0.6 is 14.6 Å². The molecule has 0 radical (unpaired) electrons. The minimum absolute atomic E-state index is 0.173. The maximum Gasteiger partial charge on any atom is 0.204 e. The standard InChI is InChI=1S/C62H96N2O2P2/c1-55(2,3)41-29-42(56(4,5)6)34-49(33-41)67(65,50-35-43(57(7,8)9)30-44(36-50)58(10,11)12)63-53-27-25-26-28-54(53)64-68(66,51-37-45(59(13,14)15)31-46(38-51)60(16,17)18)52-39-47(61(19,20)21)32-48(40-52)62(22,23)24/h29-40,53-54H,25-28H2,1-24H3,(H,63,65)(H,64,66)/t53-,54-/m1/s1. The molecule has 0 amide bonds. The molecule has 0 bridgehead atoms. The van der Waals surface area contributed by atoms with E-state index in [-0.39, 0.29) is 55.4 Å². The topological polar surface area (TPSA) is 58.2 Å². The van der Waals surface area contributed by atoms with Gasteiger partial charge in [0.1, 0.15) is 0 Å². The number of nitrogens with one attached hydrogen (secondary N) is 2. The van der Waals surface area contributed by atoms with Crippen LogP contribution in [-0.4, -0.2) is 12.1 Å². The van der Waals surface area contributed by atoms with Gasteiger partial charge in [-0.15, -0.1) is 0 Å². The maximum atomic E-state index is 17.3. The van der Waals surface area contributed by atoms with E-state index in [2.05, 4.69) is 249 Å². The van der Waals surface area contributed by atoms with Crippen molar-refractivity contribution >= 4 is 35.8 Å². The van der Waals surface area contributed by atoms with Crippen molar-refractivity contribution in [2.45, 2.75) is 247 Å². The van der Waals surface area contributed by atoms with E-state index in [1.807, 2.05) is 0 Å². The van der Waals surface area contributed by atoms with Crippen LogP contribution in [0.1, 0.15) is 236 Å². The van der Waals surface area contributed by atoms with Crippen LogP contribution in [0.3, 0.4) is 0 Å². The SMILES string of the molecule is CC(C)(C)c1cc(C(C)(C)C)cc(P(=O)(N[C@@H]2CCCC[C@H]2NP(=O)(c2cc(C(C)(C)C)cc(C(C)(C)C)c2)c2cc(C(C)(C)C)cc(C(C)(C)C)c2)c2cc(C(C)(C)C)cc(C(C)(C)C)c2)c1. The first-order chi connectivity index (χ1) is 30.4. The zero-order valence-corrected chi connectivity index (χ0v) is 49.4. The second kappa shape index (κ2) is 18.7. The van der Waals surface area contributed by atoms with E-state index in [0.717, 1.165) is 46.9 Å². The minimum atomic E-state index is -3.62. The molecule has 2 atom stereocenters. The summed E-state index contributed by atoms with van der Waals surface area (Å²) < 4.78 is 34.5. The van der Waals surface area contributed by atoms with Crippen LogP contribution in [-0.2, 0) is 52.5 Å². The summed E-state index contributed by atoms with van der Waals surface area (Å²) >= 11 is 0. The second-order valence-corrected chi connectivity index (χ2v) is 34.1. The Hall–Kier alpha value is -2.74. The highest BCUT2D eigenvalue weighted by Gasteiger charge is 2.42. The van der Waals surface area contributed by atoms with Crippen LogP contribution in [0.5, 0.6) is 0 Å². The average Bonchev–Trinajstić information content (AvgIpc) is 3.18. The summed E-state index contributed by atoms with van der Waals surface area (Å²) in [5.41, 5.74) is 8.02. The first kappa shape index (κ1) is 56.2. The fraction of sp³-hybridized carbons (Fsp3) is 0.613. The Morgan fingerprint density at radius 1 is 0.294 bits per heavy atom. The minimum Gasteiger partial charge on any atom is -0.297 e. The maximum absolute atomic E-state index is 17.3. The van der Waals surface area contributed by atoms with Crippen LogP contribution in [0.25, 0.3) is 0 Å². The lowest BCUT2D eigenvalue weighted by molar-refractivity contribution is 0.342. The van der Waals surface area contributed by atoms with E-state index in [0.29, 0.717) is 0 Å². The van der Waals surface area contributed by atoms with Gasteiger partial charge in [0.15, 0.2) is 0 Å². The lowest BCUT2D eigenvalue weighted by Gasteiger charge is -2.40. The van der Waals surface area contributed by atoms with Crippen molar-refractivity contribution in [3.63, 3.8) is 0 Å². The molecule has 0 heterocycles. The monoisotopic (exact) mass is 963 g/mol. The highest BCUT2D eigenvalue weighted by Crippen LogP contribution is 2.49. The average molecular weight is 963 g/mol. The molecule has 1 aliphatic carbocycles. The third-order valence-electron chi connectivity index (χ3n) is 14.5. The van der Waals surface area contributed by atoms with Crippen LogP contribution in [0.4, 0.5) is 0 Å². The van der Waals surface area contributed by atoms with Gasteiger partial charge in [0.2, 0.25) is 14.6 Å². The number of hydrogen-bond acceptors (Lipinski definition) is 2. The molecule has 0 saturated heterocycles. The van der Waals surface area contributed by atoms with Crippen molar-refractivity contribution in [2.75, 3.05) is 0 Å². The molecule has 0 aromatic heterocycles. The zero-order valence-electron chi connectivity index (χ0n) is 47.6. The second-order valence-electron chi connectivity index (χ2n) is 29.0. The third-order valence-corrected chi connectivity index (χ3v) is 19.8. The van der Waals surface area contributed by atoms with Gasteiger partial charge in [-0.2, -0.15) is 0 Å². The van der Waals surface area contributed by atoms with Crippen LogP contribution in [0.2, 0.25) is 0 Å². The fourth-order valence-electron chi connectivity index (χ4n) is 9.14. The van der Waals surface area contributed by atoms with E-state index in [4.69, 9.17) is 0 Å². The van der Waals surface area contributed by atoms with Gasteiger partial charge in [0.25, 0.3) is 0 Å². The molecule has 5 rings (SSSR count). The number of hydrogen-bond donors (Lipinski definition) is 2. The molecule has 6 heteroatoms. The first-order valence-electron chi connectivity index (χ1n) is 25.9. The van der Waals surface area contributed by atoms with E-state index in [1.165, 1.54) is 44.5 Å². The Morgan fingerprint density at radius 3 is 0.574 bits per heavy atom. The largest absolute Gasteiger partial charge is 0.297 e. The molecule has 4 nitrogen and oxygen atoms in total. The van der Waals surface area contributed by atoms with Crippen LogP contribution in [0, 0.1) is 0 Å². The molecule has 0 aliphatic heterocycles. The van der Waals surface area contributed by atoms with E-state index in [9.17, 15) is 0 Å².